The topological polar surface area (TPSA) is 93.4 Å². The van der Waals surface area contributed by atoms with Crippen molar-refractivity contribution in [1.29, 1.82) is 0 Å². The lowest BCUT2D eigenvalue weighted by Gasteiger charge is -2.18. The monoisotopic (exact) mass is 443 g/mol. The summed E-state index contributed by atoms with van der Waals surface area (Å²) in [5.74, 6) is 0.102. The summed E-state index contributed by atoms with van der Waals surface area (Å²) < 4.78 is 6.54. The first-order valence-electron chi connectivity index (χ1n) is 10.8. The fourth-order valence-corrected chi connectivity index (χ4v) is 3.63. The van der Waals surface area contributed by atoms with Gasteiger partial charge in [-0.3, -0.25) is 9.36 Å². The minimum atomic E-state index is -0.876. The van der Waals surface area contributed by atoms with E-state index in [1.165, 1.54) is 4.57 Å². The standard InChI is InChI=1S/C26H25N3O4/c1-2-33-26(32)19-11-8-12-20(15-19)27-16-21(30)17-29-24(18-9-4-3-5-10-18)28-23-14-7-6-13-22(23)25(29)31/h3-15,21,27,30H,2,16-17H2,1H3. The number of anilines is 1. The molecule has 0 radical (unpaired) electrons. The van der Waals surface area contributed by atoms with Gasteiger partial charge in [0.25, 0.3) is 5.56 Å². The predicted octanol–water partition coefficient (Wildman–Crippen LogP) is 3.71. The van der Waals surface area contributed by atoms with Gasteiger partial charge in [0.15, 0.2) is 0 Å². The number of aliphatic hydroxyl groups excluding tert-OH is 1. The van der Waals surface area contributed by atoms with Crippen molar-refractivity contribution in [3.63, 3.8) is 0 Å². The Morgan fingerprint density at radius 1 is 1.06 bits per heavy atom. The highest BCUT2D eigenvalue weighted by Gasteiger charge is 2.16. The van der Waals surface area contributed by atoms with Crippen molar-refractivity contribution >= 4 is 22.6 Å². The summed E-state index contributed by atoms with van der Waals surface area (Å²) in [6, 6.07) is 23.5. The maximum Gasteiger partial charge on any atom is 0.338 e. The third-order valence-electron chi connectivity index (χ3n) is 5.20. The first-order valence-corrected chi connectivity index (χ1v) is 10.8. The fraction of sp³-hybridized carbons (Fsp3) is 0.192. The Morgan fingerprint density at radius 3 is 2.61 bits per heavy atom. The maximum absolute atomic E-state index is 13.3. The molecule has 2 N–H and O–H groups in total. The summed E-state index contributed by atoms with van der Waals surface area (Å²) in [5.41, 5.74) is 2.30. The average Bonchev–Trinajstić information content (AvgIpc) is 2.85. The van der Waals surface area contributed by atoms with Gasteiger partial charge in [0.1, 0.15) is 5.82 Å². The summed E-state index contributed by atoms with van der Waals surface area (Å²) in [5, 5.41) is 14.4. The quantitative estimate of drug-likeness (QED) is 0.403. The summed E-state index contributed by atoms with van der Waals surface area (Å²) >= 11 is 0. The number of carbonyl (C=O) groups excluding carboxylic acids is 1. The van der Waals surface area contributed by atoms with Crippen molar-refractivity contribution in [3.8, 4) is 11.4 Å². The molecular formula is C26H25N3O4. The number of carbonyl (C=O) groups is 1. The van der Waals surface area contributed by atoms with Gasteiger partial charge in [-0.1, -0.05) is 48.5 Å². The summed E-state index contributed by atoms with van der Waals surface area (Å²) in [7, 11) is 0. The van der Waals surface area contributed by atoms with Crippen LogP contribution in [0.15, 0.2) is 83.7 Å². The highest BCUT2D eigenvalue weighted by Crippen LogP contribution is 2.19. The van der Waals surface area contributed by atoms with Crippen LogP contribution in [-0.2, 0) is 11.3 Å². The molecule has 4 rings (SSSR count). The second kappa shape index (κ2) is 10.1. The van der Waals surface area contributed by atoms with Crippen LogP contribution in [0.25, 0.3) is 22.3 Å². The van der Waals surface area contributed by atoms with Crippen LogP contribution in [0.4, 0.5) is 5.69 Å². The van der Waals surface area contributed by atoms with Crippen LogP contribution in [-0.4, -0.2) is 39.9 Å². The van der Waals surface area contributed by atoms with Crippen LogP contribution in [0.3, 0.4) is 0 Å². The van der Waals surface area contributed by atoms with E-state index in [1.807, 2.05) is 42.5 Å². The zero-order valence-corrected chi connectivity index (χ0v) is 18.3. The molecule has 4 aromatic rings. The molecule has 33 heavy (non-hydrogen) atoms. The smallest absolute Gasteiger partial charge is 0.338 e. The van der Waals surface area contributed by atoms with Crippen LogP contribution in [0, 0.1) is 0 Å². The van der Waals surface area contributed by atoms with E-state index in [-0.39, 0.29) is 18.6 Å². The SMILES string of the molecule is CCOC(=O)c1cccc(NCC(O)Cn2c(-c3ccccc3)nc3ccccc3c2=O)c1. The third kappa shape index (κ3) is 5.10. The lowest BCUT2D eigenvalue weighted by atomic mass is 10.1. The van der Waals surface area contributed by atoms with Gasteiger partial charge in [-0.05, 0) is 37.3 Å². The second-order valence-electron chi connectivity index (χ2n) is 7.57. The van der Waals surface area contributed by atoms with Crippen molar-refractivity contribution in [2.75, 3.05) is 18.5 Å². The molecule has 3 aromatic carbocycles. The molecule has 0 bridgehead atoms. The van der Waals surface area contributed by atoms with E-state index in [0.717, 1.165) is 5.56 Å². The number of hydrogen-bond acceptors (Lipinski definition) is 6. The molecule has 0 aliphatic carbocycles. The van der Waals surface area contributed by atoms with Gasteiger partial charge in [0.2, 0.25) is 0 Å². The summed E-state index contributed by atoms with van der Waals surface area (Å²) in [4.78, 5) is 29.9. The van der Waals surface area contributed by atoms with Gasteiger partial charge in [-0.25, -0.2) is 9.78 Å². The predicted molar refractivity (Wildman–Crippen MR) is 128 cm³/mol. The van der Waals surface area contributed by atoms with Gasteiger partial charge >= 0.3 is 5.97 Å². The molecule has 1 atom stereocenters. The minimum absolute atomic E-state index is 0.0610. The van der Waals surface area contributed by atoms with Crippen molar-refractivity contribution in [1.82, 2.24) is 9.55 Å². The molecule has 7 nitrogen and oxygen atoms in total. The second-order valence-corrected chi connectivity index (χ2v) is 7.57. The molecule has 0 aliphatic rings. The Hall–Kier alpha value is -3.97. The molecule has 1 heterocycles. The van der Waals surface area contributed by atoms with Crippen molar-refractivity contribution < 1.29 is 14.6 Å². The highest BCUT2D eigenvalue weighted by molar-refractivity contribution is 5.90. The Bertz CT molecular complexity index is 1320. The maximum atomic E-state index is 13.3. The lowest BCUT2D eigenvalue weighted by Crippen LogP contribution is -2.32. The van der Waals surface area contributed by atoms with Crippen LogP contribution >= 0.6 is 0 Å². The van der Waals surface area contributed by atoms with Crippen LogP contribution < -0.4 is 10.9 Å². The average molecular weight is 444 g/mol. The number of benzene rings is 3. The van der Waals surface area contributed by atoms with E-state index in [9.17, 15) is 14.7 Å². The number of rotatable bonds is 8. The first-order chi connectivity index (χ1) is 16.1. The number of nitrogens with zero attached hydrogens (tertiary/aromatic N) is 2. The van der Waals surface area contributed by atoms with E-state index >= 15 is 0 Å². The van der Waals surface area contributed by atoms with E-state index in [0.29, 0.717) is 34.6 Å². The highest BCUT2D eigenvalue weighted by atomic mass is 16.5. The van der Waals surface area contributed by atoms with Gasteiger partial charge in [0.05, 0.1) is 35.7 Å². The molecule has 0 fully saturated rings. The van der Waals surface area contributed by atoms with Gasteiger partial charge < -0.3 is 15.2 Å². The van der Waals surface area contributed by atoms with Crippen molar-refractivity contribution in [2.24, 2.45) is 0 Å². The fourth-order valence-electron chi connectivity index (χ4n) is 3.63. The third-order valence-corrected chi connectivity index (χ3v) is 5.20. The number of esters is 1. The van der Waals surface area contributed by atoms with E-state index in [1.54, 1.807) is 43.3 Å². The number of fused-ring (bicyclic) bond motifs is 1. The van der Waals surface area contributed by atoms with Crippen molar-refractivity contribution in [3.05, 3.63) is 94.8 Å². The van der Waals surface area contributed by atoms with E-state index in [4.69, 9.17) is 9.72 Å². The molecule has 0 saturated heterocycles. The van der Waals surface area contributed by atoms with Crippen LogP contribution in [0.1, 0.15) is 17.3 Å². The number of nitrogens with one attached hydrogen (secondary N) is 1. The molecule has 1 aromatic heterocycles. The molecule has 0 amide bonds. The number of hydrogen-bond donors (Lipinski definition) is 2. The van der Waals surface area contributed by atoms with Gasteiger partial charge in [-0.15, -0.1) is 0 Å². The number of aromatic nitrogens is 2. The zero-order chi connectivity index (χ0) is 23.2. The van der Waals surface area contributed by atoms with E-state index in [2.05, 4.69) is 5.32 Å². The van der Waals surface area contributed by atoms with Gasteiger partial charge in [0, 0.05) is 17.8 Å². The van der Waals surface area contributed by atoms with Crippen LogP contribution in [0.2, 0.25) is 0 Å². The number of ether oxygens (including phenoxy) is 1. The first kappa shape index (κ1) is 22.2. The lowest BCUT2D eigenvalue weighted by molar-refractivity contribution is 0.0526. The molecule has 0 aliphatic heterocycles. The van der Waals surface area contributed by atoms with Crippen molar-refractivity contribution in [2.45, 2.75) is 19.6 Å². The Labute approximate surface area is 191 Å². The number of para-hydroxylation sites is 1. The Kier molecular flexibility index (Phi) is 6.80. The Balaban J connectivity index is 1.57. The number of aliphatic hydroxyl groups is 1. The van der Waals surface area contributed by atoms with Gasteiger partial charge in [-0.2, -0.15) is 0 Å². The Morgan fingerprint density at radius 2 is 1.82 bits per heavy atom. The molecular weight excluding hydrogens is 418 g/mol. The molecule has 7 heteroatoms. The zero-order valence-electron chi connectivity index (χ0n) is 18.3. The largest absolute Gasteiger partial charge is 0.462 e. The minimum Gasteiger partial charge on any atom is -0.462 e. The summed E-state index contributed by atoms with van der Waals surface area (Å²) in [6.45, 7) is 2.29. The normalized spacial score (nSPS) is 11.8. The molecule has 1 unspecified atom stereocenters. The molecule has 168 valence electrons. The van der Waals surface area contributed by atoms with E-state index < -0.39 is 12.1 Å². The molecule has 0 saturated carbocycles. The molecule has 0 spiro atoms. The summed E-state index contributed by atoms with van der Waals surface area (Å²) in [6.07, 6.45) is -0.876. The van der Waals surface area contributed by atoms with Crippen LogP contribution in [0.5, 0.6) is 0 Å².